The minimum atomic E-state index is -0.141. The van der Waals surface area contributed by atoms with E-state index in [1.165, 1.54) is 0 Å². The molecule has 3 aromatic rings. The smallest absolute Gasteiger partial charge is 0.251 e. The predicted octanol–water partition coefficient (Wildman–Crippen LogP) is 3.47. The lowest BCUT2D eigenvalue weighted by Crippen LogP contribution is -2.22. The second kappa shape index (κ2) is 6.33. The van der Waals surface area contributed by atoms with Crippen molar-refractivity contribution in [2.24, 2.45) is 0 Å². The van der Waals surface area contributed by atoms with E-state index in [1.54, 1.807) is 35.7 Å². The molecule has 0 aliphatic carbocycles. The maximum absolute atomic E-state index is 12.3. The Morgan fingerprint density at radius 2 is 1.96 bits per heavy atom. The zero-order valence-electron chi connectivity index (χ0n) is 12.7. The number of ether oxygens (including phenoxy) is 2. The highest BCUT2D eigenvalue weighted by molar-refractivity contribution is 7.13. The van der Waals surface area contributed by atoms with Gasteiger partial charge in [0.1, 0.15) is 5.01 Å². The van der Waals surface area contributed by atoms with E-state index in [-0.39, 0.29) is 12.7 Å². The van der Waals surface area contributed by atoms with Gasteiger partial charge in [-0.05, 0) is 23.8 Å². The van der Waals surface area contributed by atoms with Crippen LogP contribution in [0.3, 0.4) is 0 Å². The number of hydrogen-bond acceptors (Lipinski definition) is 5. The first-order chi connectivity index (χ1) is 11.8. The summed E-state index contributed by atoms with van der Waals surface area (Å²) in [6.07, 6.45) is 1.79. The van der Waals surface area contributed by atoms with Gasteiger partial charge in [-0.3, -0.25) is 4.79 Å². The van der Waals surface area contributed by atoms with E-state index in [9.17, 15) is 4.79 Å². The molecule has 0 bridgehead atoms. The largest absolute Gasteiger partial charge is 0.454 e. The number of nitrogens with zero attached hydrogens (tertiary/aromatic N) is 1. The molecule has 0 saturated heterocycles. The van der Waals surface area contributed by atoms with Crippen molar-refractivity contribution in [2.45, 2.75) is 6.54 Å². The first-order valence-electron chi connectivity index (χ1n) is 7.46. The Labute approximate surface area is 142 Å². The number of carbonyl (C=O) groups excluding carboxylic acids is 1. The van der Waals surface area contributed by atoms with E-state index in [4.69, 9.17) is 9.47 Å². The fourth-order valence-corrected chi connectivity index (χ4v) is 3.10. The lowest BCUT2D eigenvalue weighted by atomic mass is 10.1. The Kier molecular flexibility index (Phi) is 3.88. The van der Waals surface area contributed by atoms with Crippen LogP contribution in [-0.4, -0.2) is 17.7 Å². The molecule has 0 fully saturated rings. The molecule has 1 N–H and O–H groups in total. The molecule has 24 heavy (non-hydrogen) atoms. The van der Waals surface area contributed by atoms with Crippen LogP contribution in [0.2, 0.25) is 0 Å². The quantitative estimate of drug-likeness (QED) is 0.791. The van der Waals surface area contributed by atoms with Gasteiger partial charge in [-0.2, -0.15) is 0 Å². The molecular weight excluding hydrogens is 324 g/mol. The third-order valence-corrected chi connectivity index (χ3v) is 4.54. The van der Waals surface area contributed by atoms with Gasteiger partial charge in [-0.25, -0.2) is 4.98 Å². The van der Waals surface area contributed by atoms with E-state index >= 15 is 0 Å². The number of thiazole rings is 1. The van der Waals surface area contributed by atoms with E-state index < -0.39 is 0 Å². The maximum Gasteiger partial charge on any atom is 0.251 e. The zero-order chi connectivity index (χ0) is 16.4. The van der Waals surface area contributed by atoms with Crippen LogP contribution in [0, 0.1) is 0 Å². The fourth-order valence-electron chi connectivity index (χ4n) is 2.45. The minimum Gasteiger partial charge on any atom is -0.454 e. The standard InChI is InChI=1S/C18H14N2O3S/c21-17(14-5-6-15-16(9-14)23-11-22-15)20-10-12-1-3-13(4-2-12)18-19-7-8-24-18/h1-9H,10-11H2,(H,20,21). The summed E-state index contributed by atoms with van der Waals surface area (Å²) in [6.45, 7) is 0.664. The number of nitrogens with one attached hydrogen (secondary N) is 1. The van der Waals surface area contributed by atoms with Gasteiger partial charge in [-0.15, -0.1) is 11.3 Å². The third kappa shape index (κ3) is 2.96. The van der Waals surface area contributed by atoms with Crippen LogP contribution in [-0.2, 0) is 6.54 Å². The van der Waals surface area contributed by atoms with Gasteiger partial charge in [0.2, 0.25) is 6.79 Å². The van der Waals surface area contributed by atoms with Crippen molar-refractivity contribution in [3.05, 3.63) is 65.2 Å². The summed E-state index contributed by atoms with van der Waals surface area (Å²) in [5, 5.41) is 5.86. The van der Waals surface area contributed by atoms with Crippen LogP contribution in [0.5, 0.6) is 11.5 Å². The van der Waals surface area contributed by atoms with Gasteiger partial charge in [0.05, 0.1) is 0 Å². The summed E-state index contributed by atoms with van der Waals surface area (Å²) in [7, 11) is 0. The monoisotopic (exact) mass is 338 g/mol. The Morgan fingerprint density at radius 3 is 2.75 bits per heavy atom. The summed E-state index contributed by atoms with van der Waals surface area (Å²) in [6, 6.07) is 13.2. The number of hydrogen-bond donors (Lipinski definition) is 1. The van der Waals surface area contributed by atoms with Crippen molar-refractivity contribution < 1.29 is 14.3 Å². The summed E-state index contributed by atoms with van der Waals surface area (Å²) in [5.41, 5.74) is 2.67. The Balaban J connectivity index is 1.40. The molecule has 1 aromatic heterocycles. The molecule has 2 aromatic carbocycles. The van der Waals surface area contributed by atoms with Crippen molar-refractivity contribution in [2.75, 3.05) is 6.79 Å². The van der Waals surface area contributed by atoms with Crippen LogP contribution in [0.1, 0.15) is 15.9 Å². The summed E-state index contributed by atoms with van der Waals surface area (Å²) in [5.74, 6) is 1.14. The SMILES string of the molecule is O=C(NCc1ccc(-c2nccs2)cc1)c1ccc2c(c1)OCO2. The zero-order valence-corrected chi connectivity index (χ0v) is 13.5. The van der Waals surface area contributed by atoms with Crippen molar-refractivity contribution in [3.8, 4) is 22.1 Å². The van der Waals surface area contributed by atoms with Gasteiger partial charge in [-0.1, -0.05) is 24.3 Å². The Bertz CT molecular complexity index is 860. The van der Waals surface area contributed by atoms with Crippen LogP contribution < -0.4 is 14.8 Å². The highest BCUT2D eigenvalue weighted by Gasteiger charge is 2.16. The molecule has 0 spiro atoms. The molecule has 1 aliphatic rings. The van der Waals surface area contributed by atoms with Gasteiger partial charge in [0.15, 0.2) is 11.5 Å². The van der Waals surface area contributed by atoms with E-state index in [0.717, 1.165) is 16.1 Å². The molecule has 5 nitrogen and oxygen atoms in total. The topological polar surface area (TPSA) is 60.5 Å². The van der Waals surface area contributed by atoms with Crippen LogP contribution >= 0.6 is 11.3 Å². The molecule has 0 radical (unpaired) electrons. The molecule has 6 heteroatoms. The van der Waals surface area contributed by atoms with Crippen LogP contribution in [0.25, 0.3) is 10.6 Å². The van der Waals surface area contributed by atoms with Gasteiger partial charge in [0.25, 0.3) is 5.91 Å². The highest BCUT2D eigenvalue weighted by Crippen LogP contribution is 2.32. The summed E-state index contributed by atoms with van der Waals surface area (Å²) < 4.78 is 10.5. The van der Waals surface area contributed by atoms with Crippen molar-refractivity contribution >= 4 is 17.2 Å². The first kappa shape index (κ1) is 14.7. The second-order valence-electron chi connectivity index (χ2n) is 5.28. The van der Waals surface area contributed by atoms with E-state index in [0.29, 0.717) is 23.6 Å². The van der Waals surface area contributed by atoms with Crippen molar-refractivity contribution in [1.82, 2.24) is 10.3 Å². The van der Waals surface area contributed by atoms with Crippen LogP contribution in [0.4, 0.5) is 0 Å². The molecule has 0 saturated carbocycles. The third-order valence-electron chi connectivity index (χ3n) is 3.72. The Morgan fingerprint density at radius 1 is 1.12 bits per heavy atom. The maximum atomic E-state index is 12.3. The number of benzene rings is 2. The highest BCUT2D eigenvalue weighted by atomic mass is 32.1. The molecule has 1 aliphatic heterocycles. The lowest BCUT2D eigenvalue weighted by Gasteiger charge is -2.07. The summed E-state index contributed by atoms with van der Waals surface area (Å²) >= 11 is 1.60. The molecule has 120 valence electrons. The number of fused-ring (bicyclic) bond motifs is 1. The molecule has 1 amide bonds. The fraction of sp³-hybridized carbons (Fsp3) is 0.111. The van der Waals surface area contributed by atoms with E-state index in [2.05, 4.69) is 10.3 Å². The second-order valence-corrected chi connectivity index (χ2v) is 6.18. The normalized spacial score (nSPS) is 12.2. The van der Waals surface area contributed by atoms with E-state index in [1.807, 2.05) is 29.6 Å². The minimum absolute atomic E-state index is 0.141. The van der Waals surface area contributed by atoms with Gasteiger partial charge >= 0.3 is 0 Å². The number of carbonyl (C=O) groups is 1. The lowest BCUT2D eigenvalue weighted by molar-refractivity contribution is 0.0950. The molecule has 0 atom stereocenters. The molecular formula is C18H14N2O3S. The summed E-state index contributed by atoms with van der Waals surface area (Å²) in [4.78, 5) is 16.5. The number of aromatic nitrogens is 1. The first-order valence-corrected chi connectivity index (χ1v) is 8.34. The van der Waals surface area contributed by atoms with Crippen LogP contribution in [0.15, 0.2) is 54.0 Å². The average Bonchev–Trinajstić information content (AvgIpc) is 3.30. The Hall–Kier alpha value is -2.86. The number of amides is 1. The van der Waals surface area contributed by atoms with Gasteiger partial charge < -0.3 is 14.8 Å². The average molecular weight is 338 g/mol. The number of rotatable bonds is 4. The van der Waals surface area contributed by atoms with Crippen molar-refractivity contribution in [1.29, 1.82) is 0 Å². The van der Waals surface area contributed by atoms with Crippen molar-refractivity contribution in [3.63, 3.8) is 0 Å². The molecule has 0 unspecified atom stereocenters. The van der Waals surface area contributed by atoms with Gasteiger partial charge in [0, 0.05) is 29.2 Å². The predicted molar refractivity (Wildman–Crippen MR) is 91.3 cm³/mol. The molecule has 4 rings (SSSR count). The molecule has 2 heterocycles.